The second-order valence-electron chi connectivity index (χ2n) is 5.85. The van der Waals surface area contributed by atoms with Crippen LogP contribution in [0.5, 0.6) is 11.5 Å². The van der Waals surface area contributed by atoms with Crippen molar-refractivity contribution in [2.75, 3.05) is 12.4 Å². The van der Waals surface area contributed by atoms with Gasteiger partial charge in [-0.2, -0.15) is 5.26 Å². The number of ether oxygens (including phenoxy) is 2. The van der Waals surface area contributed by atoms with Crippen LogP contribution in [0.15, 0.2) is 48.0 Å². The topological polar surface area (TPSA) is 71.3 Å². The summed E-state index contributed by atoms with van der Waals surface area (Å²) in [6.07, 6.45) is 2.25. The van der Waals surface area contributed by atoms with Crippen molar-refractivity contribution in [2.45, 2.75) is 26.4 Å². The third-order valence-corrected chi connectivity index (χ3v) is 4.11. The van der Waals surface area contributed by atoms with E-state index in [0.717, 1.165) is 6.42 Å². The molecule has 1 atom stereocenters. The summed E-state index contributed by atoms with van der Waals surface area (Å²) < 4.78 is 11.3. The van der Waals surface area contributed by atoms with Crippen LogP contribution in [-0.4, -0.2) is 19.1 Å². The molecule has 0 spiro atoms. The van der Waals surface area contributed by atoms with E-state index in [0.29, 0.717) is 27.8 Å². The number of carbonyl (C=O) groups excluding carboxylic acids is 1. The van der Waals surface area contributed by atoms with Crippen LogP contribution in [0.25, 0.3) is 6.08 Å². The number of methoxy groups -OCH3 is 1. The molecule has 1 N–H and O–H groups in total. The predicted octanol–water partition coefficient (Wildman–Crippen LogP) is 5.07. The van der Waals surface area contributed by atoms with E-state index >= 15 is 0 Å². The van der Waals surface area contributed by atoms with Crippen LogP contribution < -0.4 is 14.8 Å². The van der Waals surface area contributed by atoms with E-state index < -0.39 is 5.91 Å². The Morgan fingerprint density at radius 3 is 2.70 bits per heavy atom. The molecule has 0 bridgehead atoms. The summed E-state index contributed by atoms with van der Waals surface area (Å²) in [7, 11) is 1.54. The summed E-state index contributed by atoms with van der Waals surface area (Å²) in [4.78, 5) is 12.5. The minimum absolute atomic E-state index is 0.0423. The quantitative estimate of drug-likeness (QED) is 0.534. The van der Waals surface area contributed by atoms with Gasteiger partial charge < -0.3 is 14.8 Å². The van der Waals surface area contributed by atoms with E-state index in [2.05, 4.69) is 5.32 Å². The van der Waals surface area contributed by atoms with Gasteiger partial charge in [0.2, 0.25) is 0 Å². The van der Waals surface area contributed by atoms with E-state index in [1.54, 1.807) is 49.6 Å². The van der Waals surface area contributed by atoms with Gasteiger partial charge in [-0.15, -0.1) is 0 Å². The van der Waals surface area contributed by atoms with Crippen LogP contribution in [0.3, 0.4) is 0 Å². The number of hydrogen-bond donors (Lipinski definition) is 1. The molecule has 0 aromatic heterocycles. The number of para-hydroxylation sites is 1. The highest BCUT2D eigenvalue weighted by Gasteiger charge is 2.15. The maximum Gasteiger partial charge on any atom is 0.266 e. The number of nitrogens with zero attached hydrogens (tertiary/aromatic N) is 1. The van der Waals surface area contributed by atoms with E-state index in [9.17, 15) is 10.1 Å². The zero-order valence-corrected chi connectivity index (χ0v) is 16.2. The van der Waals surface area contributed by atoms with Crippen LogP contribution in [0.1, 0.15) is 25.8 Å². The van der Waals surface area contributed by atoms with Gasteiger partial charge in [-0.05, 0) is 43.7 Å². The van der Waals surface area contributed by atoms with Crippen molar-refractivity contribution in [1.82, 2.24) is 0 Å². The van der Waals surface area contributed by atoms with Gasteiger partial charge in [0, 0.05) is 16.3 Å². The molecule has 27 heavy (non-hydrogen) atoms. The molecular weight excluding hydrogens is 364 g/mol. The van der Waals surface area contributed by atoms with Crippen molar-refractivity contribution in [3.8, 4) is 17.6 Å². The number of rotatable bonds is 7. The van der Waals surface area contributed by atoms with Gasteiger partial charge >= 0.3 is 0 Å². The Kier molecular flexibility index (Phi) is 7.27. The lowest BCUT2D eigenvalue weighted by atomic mass is 10.1. The third kappa shape index (κ3) is 5.50. The summed E-state index contributed by atoms with van der Waals surface area (Å²) in [5, 5.41) is 12.6. The molecule has 0 saturated heterocycles. The van der Waals surface area contributed by atoms with E-state index in [4.69, 9.17) is 21.1 Å². The zero-order valence-electron chi connectivity index (χ0n) is 15.5. The van der Waals surface area contributed by atoms with Crippen LogP contribution in [0.4, 0.5) is 5.69 Å². The second-order valence-corrected chi connectivity index (χ2v) is 6.29. The Morgan fingerprint density at radius 2 is 2.07 bits per heavy atom. The number of anilines is 1. The number of hydrogen-bond acceptors (Lipinski definition) is 4. The van der Waals surface area contributed by atoms with Gasteiger partial charge in [0.15, 0.2) is 11.5 Å². The molecule has 2 rings (SSSR count). The lowest BCUT2D eigenvalue weighted by Gasteiger charge is -2.17. The number of amides is 1. The van der Waals surface area contributed by atoms with Gasteiger partial charge in [0.25, 0.3) is 5.91 Å². The van der Waals surface area contributed by atoms with E-state index in [1.165, 1.54) is 6.08 Å². The smallest absolute Gasteiger partial charge is 0.266 e. The molecule has 0 aliphatic carbocycles. The normalized spacial score (nSPS) is 12.0. The molecule has 0 saturated carbocycles. The number of carbonyl (C=O) groups is 1. The second kappa shape index (κ2) is 9.65. The standard InChI is InChI=1S/C21H21ClN2O3/c1-4-14(2)27-20-15(7-5-10-19(20)26-3)11-16(13-23)21(25)24-18-9-6-8-17(22)12-18/h5-12,14H,4H2,1-3H3,(H,24,25)/b16-11+/t14-/m0/s1. The minimum atomic E-state index is -0.530. The van der Waals surface area contributed by atoms with Crippen molar-refractivity contribution in [2.24, 2.45) is 0 Å². The summed E-state index contributed by atoms with van der Waals surface area (Å²) in [5.41, 5.74) is 1.04. The van der Waals surface area contributed by atoms with Gasteiger partial charge in [-0.1, -0.05) is 36.7 Å². The first-order valence-corrected chi connectivity index (χ1v) is 8.88. The van der Waals surface area contributed by atoms with Gasteiger partial charge in [-0.3, -0.25) is 4.79 Å². The number of nitrogens with one attached hydrogen (secondary N) is 1. The Bertz CT molecular complexity index is 887. The molecule has 0 aliphatic heterocycles. The Labute approximate surface area is 164 Å². The molecule has 0 heterocycles. The highest BCUT2D eigenvalue weighted by atomic mass is 35.5. The fraction of sp³-hybridized carbons (Fsp3) is 0.238. The average Bonchev–Trinajstić information content (AvgIpc) is 2.66. The first-order valence-electron chi connectivity index (χ1n) is 8.50. The molecule has 1 amide bonds. The number of halogens is 1. The van der Waals surface area contributed by atoms with Crippen molar-refractivity contribution in [1.29, 1.82) is 5.26 Å². The summed E-state index contributed by atoms with van der Waals surface area (Å²) in [6, 6.07) is 14.0. The molecule has 0 fully saturated rings. The highest BCUT2D eigenvalue weighted by molar-refractivity contribution is 6.31. The van der Waals surface area contributed by atoms with Crippen molar-refractivity contribution in [3.63, 3.8) is 0 Å². The Balaban J connectivity index is 2.36. The molecule has 6 heteroatoms. The van der Waals surface area contributed by atoms with Gasteiger partial charge in [0.05, 0.1) is 13.2 Å². The van der Waals surface area contributed by atoms with Crippen LogP contribution in [0, 0.1) is 11.3 Å². The molecule has 2 aromatic carbocycles. The summed E-state index contributed by atoms with van der Waals surface area (Å²) in [5.74, 6) is 0.506. The molecule has 0 aliphatic rings. The number of nitriles is 1. The minimum Gasteiger partial charge on any atom is -0.493 e. The highest BCUT2D eigenvalue weighted by Crippen LogP contribution is 2.34. The summed E-state index contributed by atoms with van der Waals surface area (Å²) in [6.45, 7) is 3.95. The fourth-order valence-corrected chi connectivity index (χ4v) is 2.48. The lowest BCUT2D eigenvalue weighted by Crippen LogP contribution is -2.14. The maximum atomic E-state index is 12.5. The fourth-order valence-electron chi connectivity index (χ4n) is 2.29. The first-order chi connectivity index (χ1) is 13.0. The van der Waals surface area contributed by atoms with E-state index in [-0.39, 0.29) is 11.7 Å². The van der Waals surface area contributed by atoms with Gasteiger partial charge in [-0.25, -0.2) is 0 Å². The first kappa shape index (κ1) is 20.3. The summed E-state index contributed by atoms with van der Waals surface area (Å²) >= 11 is 5.93. The van der Waals surface area contributed by atoms with Crippen LogP contribution in [0.2, 0.25) is 5.02 Å². The lowest BCUT2D eigenvalue weighted by molar-refractivity contribution is -0.112. The largest absolute Gasteiger partial charge is 0.493 e. The monoisotopic (exact) mass is 384 g/mol. The van der Waals surface area contributed by atoms with Crippen molar-refractivity contribution in [3.05, 3.63) is 58.6 Å². The van der Waals surface area contributed by atoms with Gasteiger partial charge in [0.1, 0.15) is 11.6 Å². The maximum absolute atomic E-state index is 12.5. The molecule has 0 unspecified atom stereocenters. The SMILES string of the molecule is CC[C@H](C)Oc1c(/C=C(\C#N)C(=O)Nc2cccc(Cl)c2)cccc1OC. The Hall–Kier alpha value is -2.97. The zero-order chi connectivity index (χ0) is 19.8. The molecular formula is C21H21ClN2O3. The van der Waals surface area contributed by atoms with Crippen molar-refractivity contribution < 1.29 is 14.3 Å². The van der Waals surface area contributed by atoms with Crippen LogP contribution >= 0.6 is 11.6 Å². The number of benzene rings is 2. The van der Waals surface area contributed by atoms with Crippen LogP contribution in [-0.2, 0) is 4.79 Å². The molecule has 140 valence electrons. The Morgan fingerprint density at radius 1 is 1.33 bits per heavy atom. The molecule has 2 aromatic rings. The van der Waals surface area contributed by atoms with Crippen molar-refractivity contribution >= 4 is 29.3 Å². The molecule has 0 radical (unpaired) electrons. The predicted molar refractivity (Wildman–Crippen MR) is 107 cm³/mol. The van der Waals surface area contributed by atoms with E-state index in [1.807, 2.05) is 19.9 Å². The average molecular weight is 385 g/mol. The third-order valence-electron chi connectivity index (χ3n) is 3.87. The molecule has 5 nitrogen and oxygen atoms in total.